The van der Waals surface area contributed by atoms with E-state index in [4.69, 9.17) is 16.3 Å². The summed E-state index contributed by atoms with van der Waals surface area (Å²) in [6.07, 6.45) is 0.122. The van der Waals surface area contributed by atoms with Gasteiger partial charge in [0.2, 0.25) is 11.8 Å². The number of hydrogen-bond donors (Lipinski definition) is 1. The molecule has 0 bridgehead atoms. The van der Waals surface area contributed by atoms with Gasteiger partial charge >= 0.3 is 5.97 Å². The van der Waals surface area contributed by atoms with Gasteiger partial charge in [-0.1, -0.05) is 11.6 Å². The molecule has 22 heavy (non-hydrogen) atoms. The summed E-state index contributed by atoms with van der Waals surface area (Å²) in [6, 6.07) is 6.86. The largest absolute Gasteiger partial charge is 0.465 e. The van der Waals surface area contributed by atoms with Crippen molar-refractivity contribution in [3.05, 3.63) is 29.3 Å². The van der Waals surface area contributed by atoms with Crippen LogP contribution < -0.4 is 10.2 Å². The summed E-state index contributed by atoms with van der Waals surface area (Å²) in [4.78, 5) is 36.8. The third-order valence-electron chi connectivity index (χ3n) is 3.35. The molecular weight excluding hydrogens is 308 g/mol. The van der Waals surface area contributed by atoms with Crippen molar-refractivity contribution in [2.45, 2.75) is 13.3 Å². The van der Waals surface area contributed by atoms with Gasteiger partial charge in [-0.05, 0) is 31.2 Å². The molecule has 0 saturated carbocycles. The van der Waals surface area contributed by atoms with Crippen LogP contribution in [0, 0.1) is 5.92 Å². The maximum absolute atomic E-state index is 12.0. The molecule has 1 aliphatic rings. The van der Waals surface area contributed by atoms with Gasteiger partial charge in [0.15, 0.2) is 0 Å². The molecule has 1 aromatic carbocycles. The van der Waals surface area contributed by atoms with Crippen molar-refractivity contribution < 1.29 is 19.1 Å². The van der Waals surface area contributed by atoms with Crippen LogP contribution in [0.2, 0.25) is 5.02 Å². The molecule has 0 radical (unpaired) electrons. The number of rotatable bonds is 5. The number of nitrogens with zero attached hydrogens (tertiary/aromatic N) is 1. The monoisotopic (exact) mass is 324 g/mol. The van der Waals surface area contributed by atoms with Crippen LogP contribution in [0.5, 0.6) is 0 Å². The lowest BCUT2D eigenvalue weighted by molar-refractivity contribution is -0.143. The molecule has 1 atom stereocenters. The molecule has 1 N–H and O–H groups in total. The zero-order chi connectivity index (χ0) is 16.1. The SMILES string of the molecule is CCOC(=O)CNC(=O)[C@@H]1CC(=O)N(c2ccc(Cl)cc2)C1. The standard InChI is InChI=1S/C15H17ClN2O4/c1-2-22-14(20)8-17-15(21)10-7-13(19)18(9-10)12-5-3-11(16)4-6-12/h3-6,10H,2,7-9H2,1H3,(H,17,21)/t10-/m1/s1. The molecule has 1 saturated heterocycles. The molecule has 7 heteroatoms. The van der Waals surface area contributed by atoms with E-state index in [2.05, 4.69) is 5.32 Å². The van der Waals surface area contributed by atoms with E-state index < -0.39 is 11.9 Å². The molecule has 0 aromatic heterocycles. The summed E-state index contributed by atoms with van der Waals surface area (Å²) in [6.45, 7) is 2.06. The second kappa shape index (κ2) is 7.26. The Kier molecular flexibility index (Phi) is 5.38. The summed E-state index contributed by atoms with van der Waals surface area (Å²) in [5, 5.41) is 3.08. The summed E-state index contributed by atoms with van der Waals surface area (Å²) in [5.41, 5.74) is 0.704. The Morgan fingerprint density at radius 2 is 2.05 bits per heavy atom. The van der Waals surface area contributed by atoms with Crippen LogP contribution in [0.1, 0.15) is 13.3 Å². The Bertz CT molecular complexity index is 573. The van der Waals surface area contributed by atoms with Crippen molar-refractivity contribution in [3.8, 4) is 0 Å². The summed E-state index contributed by atoms with van der Waals surface area (Å²) < 4.78 is 4.73. The first-order chi connectivity index (χ1) is 10.5. The van der Waals surface area contributed by atoms with Crippen molar-refractivity contribution in [2.24, 2.45) is 5.92 Å². The van der Waals surface area contributed by atoms with Gasteiger partial charge in [-0.15, -0.1) is 0 Å². The second-order valence-electron chi connectivity index (χ2n) is 4.90. The lowest BCUT2D eigenvalue weighted by atomic mass is 10.1. The first-order valence-electron chi connectivity index (χ1n) is 7.00. The predicted molar refractivity (Wildman–Crippen MR) is 81.6 cm³/mol. The molecule has 118 valence electrons. The van der Waals surface area contributed by atoms with Crippen molar-refractivity contribution >= 4 is 35.1 Å². The van der Waals surface area contributed by atoms with E-state index in [9.17, 15) is 14.4 Å². The Hall–Kier alpha value is -2.08. The first kappa shape index (κ1) is 16.3. The van der Waals surface area contributed by atoms with Crippen molar-refractivity contribution in [1.82, 2.24) is 5.32 Å². The fraction of sp³-hybridized carbons (Fsp3) is 0.400. The van der Waals surface area contributed by atoms with E-state index in [-0.39, 0.29) is 37.9 Å². The van der Waals surface area contributed by atoms with Gasteiger partial charge in [0.05, 0.1) is 12.5 Å². The van der Waals surface area contributed by atoms with E-state index >= 15 is 0 Å². The van der Waals surface area contributed by atoms with Crippen LogP contribution in [0.25, 0.3) is 0 Å². The Balaban J connectivity index is 1.92. The van der Waals surface area contributed by atoms with E-state index in [1.807, 2.05) is 0 Å². The highest BCUT2D eigenvalue weighted by atomic mass is 35.5. The molecule has 1 fully saturated rings. The minimum atomic E-state index is -0.491. The maximum atomic E-state index is 12.0. The van der Waals surface area contributed by atoms with Gasteiger partial charge < -0.3 is 15.0 Å². The Morgan fingerprint density at radius 3 is 2.68 bits per heavy atom. The topological polar surface area (TPSA) is 75.7 Å². The van der Waals surface area contributed by atoms with E-state index in [1.54, 1.807) is 36.1 Å². The fourth-order valence-corrected chi connectivity index (χ4v) is 2.40. The normalized spacial score (nSPS) is 17.5. The van der Waals surface area contributed by atoms with E-state index in [0.717, 1.165) is 0 Å². The highest BCUT2D eigenvalue weighted by Crippen LogP contribution is 2.26. The molecule has 1 heterocycles. The van der Waals surface area contributed by atoms with Crippen molar-refractivity contribution in [3.63, 3.8) is 0 Å². The molecule has 0 aliphatic carbocycles. The predicted octanol–water partition coefficient (Wildman–Crippen LogP) is 1.37. The van der Waals surface area contributed by atoms with Crippen LogP contribution in [-0.2, 0) is 19.1 Å². The molecule has 2 amide bonds. The molecule has 6 nitrogen and oxygen atoms in total. The van der Waals surface area contributed by atoms with E-state index in [0.29, 0.717) is 10.7 Å². The minimum Gasteiger partial charge on any atom is -0.465 e. The average molecular weight is 325 g/mol. The zero-order valence-electron chi connectivity index (χ0n) is 12.2. The molecule has 0 unspecified atom stereocenters. The number of hydrogen-bond acceptors (Lipinski definition) is 4. The van der Waals surface area contributed by atoms with Crippen molar-refractivity contribution in [1.29, 1.82) is 0 Å². The van der Waals surface area contributed by atoms with Gasteiger partial charge in [0, 0.05) is 23.7 Å². The third-order valence-corrected chi connectivity index (χ3v) is 3.60. The smallest absolute Gasteiger partial charge is 0.325 e. The number of carbonyl (C=O) groups is 3. The highest BCUT2D eigenvalue weighted by molar-refractivity contribution is 6.30. The Labute approximate surface area is 133 Å². The van der Waals surface area contributed by atoms with Gasteiger partial charge in [0.25, 0.3) is 0 Å². The molecule has 1 aromatic rings. The molecule has 2 rings (SSSR count). The van der Waals surface area contributed by atoms with Gasteiger partial charge in [-0.25, -0.2) is 0 Å². The average Bonchev–Trinajstić information content (AvgIpc) is 2.88. The number of benzene rings is 1. The van der Waals surface area contributed by atoms with E-state index in [1.165, 1.54) is 0 Å². The number of halogens is 1. The molecular formula is C15H17ClN2O4. The van der Waals surface area contributed by atoms with Crippen LogP contribution in [0.15, 0.2) is 24.3 Å². The number of amides is 2. The van der Waals surface area contributed by atoms with Gasteiger partial charge in [-0.3, -0.25) is 14.4 Å². The number of nitrogens with one attached hydrogen (secondary N) is 1. The second-order valence-corrected chi connectivity index (χ2v) is 5.34. The summed E-state index contributed by atoms with van der Waals surface area (Å²) in [7, 11) is 0. The third kappa shape index (κ3) is 3.98. The van der Waals surface area contributed by atoms with Crippen LogP contribution in [-0.4, -0.2) is 37.5 Å². The minimum absolute atomic E-state index is 0.122. The fourth-order valence-electron chi connectivity index (χ4n) is 2.27. The number of esters is 1. The van der Waals surface area contributed by atoms with Crippen molar-refractivity contribution in [2.75, 3.05) is 24.6 Å². The van der Waals surface area contributed by atoms with Crippen LogP contribution >= 0.6 is 11.6 Å². The maximum Gasteiger partial charge on any atom is 0.325 e. The Morgan fingerprint density at radius 1 is 1.36 bits per heavy atom. The number of anilines is 1. The lowest BCUT2D eigenvalue weighted by Gasteiger charge is -2.16. The zero-order valence-corrected chi connectivity index (χ0v) is 12.9. The number of carbonyl (C=O) groups excluding carboxylic acids is 3. The van der Waals surface area contributed by atoms with Gasteiger partial charge in [0.1, 0.15) is 6.54 Å². The lowest BCUT2D eigenvalue weighted by Crippen LogP contribution is -2.36. The molecule has 0 spiro atoms. The molecule has 1 aliphatic heterocycles. The number of ether oxygens (including phenoxy) is 1. The summed E-state index contributed by atoms with van der Waals surface area (Å²) >= 11 is 5.82. The van der Waals surface area contributed by atoms with Crippen LogP contribution in [0.4, 0.5) is 5.69 Å². The summed E-state index contributed by atoms with van der Waals surface area (Å²) in [5.74, 6) is -1.41. The quantitative estimate of drug-likeness (QED) is 0.830. The van der Waals surface area contributed by atoms with Crippen LogP contribution in [0.3, 0.4) is 0 Å². The highest BCUT2D eigenvalue weighted by Gasteiger charge is 2.35. The first-order valence-corrected chi connectivity index (χ1v) is 7.38. The van der Waals surface area contributed by atoms with Gasteiger partial charge in [-0.2, -0.15) is 0 Å².